The van der Waals surface area contributed by atoms with E-state index in [1.165, 1.54) is 16.7 Å². The molecule has 11 heteroatoms. The van der Waals surface area contributed by atoms with E-state index >= 15 is 0 Å². The number of aryl methyl sites for hydroxylation is 1. The summed E-state index contributed by atoms with van der Waals surface area (Å²) in [6.45, 7) is 0.208. The number of methoxy groups -OCH3 is 1. The summed E-state index contributed by atoms with van der Waals surface area (Å²) in [4.78, 5) is 17.2. The van der Waals surface area contributed by atoms with Gasteiger partial charge >= 0.3 is 12.2 Å². The molecule has 8 nitrogen and oxygen atoms in total. The molecule has 1 aliphatic heterocycles. The number of anilines is 1. The van der Waals surface area contributed by atoms with Gasteiger partial charge in [-0.1, -0.05) is 0 Å². The second-order valence-corrected chi connectivity index (χ2v) is 5.30. The maximum Gasteiger partial charge on any atom is 0.449 e. The molecule has 0 atom stereocenters. The largest absolute Gasteiger partial charge is 0.478 e. The molecule has 0 aromatic carbocycles. The molecule has 0 aliphatic carbocycles. The smallest absolute Gasteiger partial charge is 0.449 e. The van der Waals surface area contributed by atoms with Gasteiger partial charge in [-0.25, -0.2) is 9.78 Å². The summed E-state index contributed by atoms with van der Waals surface area (Å²) in [6.07, 6.45) is -1.79. The molecule has 1 N–H and O–H groups in total. The van der Waals surface area contributed by atoms with Gasteiger partial charge in [-0.15, -0.1) is 5.10 Å². The third kappa shape index (κ3) is 2.88. The Morgan fingerprint density at radius 3 is 2.79 bits per heavy atom. The Morgan fingerprint density at radius 2 is 2.12 bits per heavy atom. The summed E-state index contributed by atoms with van der Waals surface area (Å²) < 4.78 is 46.1. The van der Waals surface area contributed by atoms with Crippen LogP contribution in [-0.2, 0) is 26.3 Å². The van der Waals surface area contributed by atoms with Crippen LogP contribution >= 0.6 is 0 Å². The first-order valence-electron chi connectivity index (χ1n) is 7.04. The van der Waals surface area contributed by atoms with Crippen LogP contribution in [0.5, 0.6) is 5.88 Å². The maximum absolute atomic E-state index is 12.8. The summed E-state index contributed by atoms with van der Waals surface area (Å²) in [5.74, 6) is -0.682. The number of halogens is 3. The molecule has 3 rings (SSSR count). The Bertz CT molecular complexity index is 766. The molecular formula is C13H15F3N6O2. The van der Waals surface area contributed by atoms with E-state index in [9.17, 15) is 18.0 Å². The quantitative estimate of drug-likeness (QED) is 0.899. The molecule has 3 heterocycles. The zero-order valence-electron chi connectivity index (χ0n) is 13.0. The number of rotatable bonds is 2. The van der Waals surface area contributed by atoms with E-state index in [1.807, 2.05) is 0 Å². The lowest BCUT2D eigenvalue weighted by atomic mass is 10.3. The van der Waals surface area contributed by atoms with Crippen molar-refractivity contribution in [2.24, 2.45) is 7.05 Å². The minimum Gasteiger partial charge on any atom is -0.478 e. The molecule has 0 saturated heterocycles. The Morgan fingerprint density at radius 1 is 1.38 bits per heavy atom. The SMILES string of the molecule is COc1nn(C)cc1NC(=O)N1CCn2c(cnc2C(F)(F)F)C1. The Labute approximate surface area is 134 Å². The molecule has 0 spiro atoms. The van der Waals surface area contributed by atoms with E-state index in [2.05, 4.69) is 15.4 Å². The number of fused-ring (bicyclic) bond motifs is 1. The van der Waals surface area contributed by atoms with Crippen LogP contribution in [0.2, 0.25) is 0 Å². The molecule has 24 heavy (non-hydrogen) atoms. The molecular weight excluding hydrogens is 329 g/mol. The summed E-state index contributed by atoms with van der Waals surface area (Å²) in [5, 5.41) is 6.66. The number of urea groups is 1. The first-order valence-corrected chi connectivity index (χ1v) is 7.04. The van der Waals surface area contributed by atoms with Crippen LogP contribution in [0, 0.1) is 0 Å². The van der Waals surface area contributed by atoms with E-state index in [0.29, 0.717) is 11.4 Å². The van der Waals surface area contributed by atoms with E-state index in [4.69, 9.17) is 4.74 Å². The topological polar surface area (TPSA) is 77.2 Å². The monoisotopic (exact) mass is 344 g/mol. The summed E-state index contributed by atoms with van der Waals surface area (Å²) in [5.41, 5.74) is 0.724. The molecule has 1 aliphatic rings. The number of hydrogen-bond acceptors (Lipinski definition) is 4. The number of amides is 2. The highest BCUT2D eigenvalue weighted by atomic mass is 19.4. The van der Waals surface area contributed by atoms with Crippen LogP contribution in [-0.4, -0.2) is 43.9 Å². The summed E-state index contributed by atoms with van der Waals surface area (Å²) in [7, 11) is 3.10. The molecule has 0 fully saturated rings. The lowest BCUT2D eigenvalue weighted by Crippen LogP contribution is -2.41. The van der Waals surface area contributed by atoms with Crippen molar-refractivity contribution >= 4 is 11.7 Å². The Hall–Kier alpha value is -2.72. The minimum absolute atomic E-state index is 0.0295. The number of ether oxygens (including phenoxy) is 1. The van der Waals surface area contributed by atoms with Crippen LogP contribution in [0.15, 0.2) is 12.4 Å². The van der Waals surface area contributed by atoms with E-state index in [-0.39, 0.29) is 25.5 Å². The summed E-state index contributed by atoms with van der Waals surface area (Å²) in [6, 6.07) is -0.442. The average molecular weight is 344 g/mol. The third-order valence-electron chi connectivity index (χ3n) is 3.66. The van der Waals surface area contributed by atoms with Crippen molar-refractivity contribution in [3.63, 3.8) is 0 Å². The highest BCUT2D eigenvalue weighted by molar-refractivity contribution is 5.90. The number of imidazole rings is 1. The van der Waals surface area contributed by atoms with E-state index in [0.717, 1.165) is 10.8 Å². The lowest BCUT2D eigenvalue weighted by Gasteiger charge is -2.29. The maximum atomic E-state index is 12.8. The second-order valence-electron chi connectivity index (χ2n) is 5.30. The fourth-order valence-corrected chi connectivity index (χ4v) is 2.58. The predicted molar refractivity (Wildman–Crippen MR) is 76.4 cm³/mol. The van der Waals surface area contributed by atoms with Gasteiger partial charge in [0, 0.05) is 20.1 Å². The van der Waals surface area contributed by atoms with Gasteiger partial charge < -0.3 is 19.5 Å². The fraction of sp³-hybridized carbons (Fsp3) is 0.462. The molecule has 0 unspecified atom stereocenters. The number of alkyl halides is 3. The summed E-state index contributed by atoms with van der Waals surface area (Å²) >= 11 is 0. The van der Waals surface area contributed by atoms with Crippen molar-refractivity contribution in [3.05, 3.63) is 23.9 Å². The van der Waals surface area contributed by atoms with Gasteiger partial charge in [-0.2, -0.15) is 13.2 Å². The zero-order valence-corrected chi connectivity index (χ0v) is 13.0. The first kappa shape index (κ1) is 16.1. The molecule has 2 aromatic heterocycles. The molecule has 0 bridgehead atoms. The Kier molecular flexibility index (Phi) is 3.85. The molecule has 0 radical (unpaired) electrons. The molecule has 2 amide bonds. The standard InChI is InChI=1S/C13H15F3N6O2/c1-20-7-9(10(19-20)24-2)18-12(23)21-3-4-22-8(6-21)5-17-11(22)13(14,15)16/h5,7H,3-4,6H2,1-2H3,(H,18,23). The highest BCUT2D eigenvalue weighted by Crippen LogP contribution is 2.30. The van der Waals surface area contributed by atoms with Crippen LogP contribution < -0.4 is 10.1 Å². The van der Waals surface area contributed by atoms with Gasteiger partial charge in [-0.3, -0.25) is 4.68 Å². The van der Waals surface area contributed by atoms with Gasteiger partial charge in [0.1, 0.15) is 5.69 Å². The van der Waals surface area contributed by atoms with Crippen LogP contribution in [0.4, 0.5) is 23.7 Å². The third-order valence-corrected chi connectivity index (χ3v) is 3.66. The van der Waals surface area contributed by atoms with Crippen LogP contribution in [0.1, 0.15) is 11.5 Å². The number of nitrogens with zero attached hydrogens (tertiary/aromatic N) is 5. The number of carbonyl (C=O) groups excluding carboxylic acids is 1. The van der Waals surface area contributed by atoms with Gasteiger partial charge in [0.15, 0.2) is 0 Å². The van der Waals surface area contributed by atoms with Crippen LogP contribution in [0.25, 0.3) is 0 Å². The van der Waals surface area contributed by atoms with E-state index < -0.39 is 18.0 Å². The van der Waals surface area contributed by atoms with Crippen molar-refractivity contribution in [1.82, 2.24) is 24.2 Å². The zero-order chi connectivity index (χ0) is 17.5. The van der Waals surface area contributed by atoms with Gasteiger partial charge in [-0.05, 0) is 0 Å². The minimum atomic E-state index is -4.51. The molecule has 2 aromatic rings. The molecule has 130 valence electrons. The van der Waals surface area contributed by atoms with Crippen molar-refractivity contribution in [3.8, 4) is 5.88 Å². The number of hydrogen-bond donors (Lipinski definition) is 1. The van der Waals surface area contributed by atoms with Gasteiger partial charge in [0.05, 0.1) is 31.7 Å². The highest BCUT2D eigenvalue weighted by Gasteiger charge is 2.38. The normalized spacial score (nSPS) is 14.5. The van der Waals surface area contributed by atoms with Crippen molar-refractivity contribution in [2.75, 3.05) is 19.0 Å². The first-order chi connectivity index (χ1) is 11.3. The van der Waals surface area contributed by atoms with Crippen LogP contribution in [0.3, 0.4) is 0 Å². The van der Waals surface area contributed by atoms with Crippen molar-refractivity contribution in [2.45, 2.75) is 19.3 Å². The predicted octanol–water partition coefficient (Wildman–Crippen LogP) is 1.69. The van der Waals surface area contributed by atoms with Gasteiger partial charge in [0.25, 0.3) is 5.88 Å². The second kappa shape index (κ2) is 5.73. The van der Waals surface area contributed by atoms with Crippen molar-refractivity contribution in [1.29, 1.82) is 0 Å². The van der Waals surface area contributed by atoms with Crippen molar-refractivity contribution < 1.29 is 22.7 Å². The lowest BCUT2D eigenvalue weighted by molar-refractivity contribution is -0.147. The average Bonchev–Trinajstić information content (AvgIpc) is 3.09. The molecule has 0 saturated carbocycles. The van der Waals surface area contributed by atoms with E-state index in [1.54, 1.807) is 13.2 Å². The number of nitrogens with one attached hydrogen (secondary N) is 1. The van der Waals surface area contributed by atoms with Gasteiger partial charge in [0.2, 0.25) is 5.82 Å². The number of aromatic nitrogens is 4. The Balaban J connectivity index is 1.73. The fourth-order valence-electron chi connectivity index (χ4n) is 2.58. The number of carbonyl (C=O) groups is 1.